The van der Waals surface area contributed by atoms with Gasteiger partial charge in [-0.15, -0.1) is 0 Å². The smallest absolute Gasteiger partial charge is 0.224 e. The van der Waals surface area contributed by atoms with Crippen molar-refractivity contribution in [1.82, 2.24) is 0 Å². The van der Waals surface area contributed by atoms with E-state index >= 15 is 0 Å². The number of hydrogen-bond acceptors (Lipinski definition) is 3. The molecule has 0 atom stereocenters. The average Bonchev–Trinajstić information content (AvgIpc) is 2.93. The van der Waals surface area contributed by atoms with Crippen LogP contribution in [-0.4, -0.2) is 11.7 Å². The first-order chi connectivity index (χ1) is 9.16. The van der Waals surface area contributed by atoms with Gasteiger partial charge < -0.3 is 9.73 Å². The Labute approximate surface area is 109 Å². The van der Waals surface area contributed by atoms with Gasteiger partial charge in [0.05, 0.1) is 12.0 Å². The number of para-hydroxylation sites is 1. The molecule has 2 aromatic rings. The summed E-state index contributed by atoms with van der Waals surface area (Å²) in [7, 11) is 0. The minimum atomic E-state index is -0.506. The Kier molecular flexibility index (Phi) is 4.07. The summed E-state index contributed by atoms with van der Waals surface area (Å²) in [5, 5.41) is 2.41. The van der Waals surface area contributed by atoms with Gasteiger partial charge in [0.2, 0.25) is 5.91 Å². The summed E-state index contributed by atoms with van der Waals surface area (Å²) in [6.07, 6.45) is 1.40. The molecule has 1 N–H and O–H groups in total. The van der Waals surface area contributed by atoms with Gasteiger partial charge in [-0.2, -0.15) is 0 Å². The van der Waals surface area contributed by atoms with Gasteiger partial charge in [0.25, 0.3) is 0 Å². The lowest BCUT2D eigenvalue weighted by molar-refractivity contribution is -0.116. The number of hydrogen-bond donors (Lipinski definition) is 1. The highest BCUT2D eigenvalue weighted by Gasteiger charge is 2.12. The summed E-state index contributed by atoms with van der Waals surface area (Å²) in [6, 6.07) is 9.01. The minimum Gasteiger partial charge on any atom is -0.461 e. The van der Waals surface area contributed by atoms with Crippen LogP contribution in [0.25, 0.3) is 0 Å². The largest absolute Gasteiger partial charge is 0.461 e. The molecule has 1 amide bonds. The molecule has 4 nitrogen and oxygen atoms in total. The van der Waals surface area contributed by atoms with E-state index in [9.17, 15) is 14.0 Å². The number of carbonyl (C=O) groups is 2. The summed E-state index contributed by atoms with van der Waals surface area (Å²) in [6.45, 7) is 0. The molecule has 0 unspecified atom stereocenters. The Morgan fingerprint density at radius 1 is 1.11 bits per heavy atom. The number of ketones is 1. The molecule has 0 saturated carbocycles. The molecule has 0 spiro atoms. The molecule has 0 bridgehead atoms. The van der Waals surface area contributed by atoms with Crippen molar-refractivity contribution in [3.8, 4) is 0 Å². The standard InChI is InChI=1S/C14H12FNO3/c15-10-4-1-2-5-11(10)16-14(18)8-7-12(17)13-6-3-9-19-13/h1-6,9H,7-8H2,(H,16,18). The van der Waals surface area contributed by atoms with Crippen LogP contribution in [0.3, 0.4) is 0 Å². The summed E-state index contributed by atoms with van der Waals surface area (Å²) in [5.74, 6) is -0.953. The van der Waals surface area contributed by atoms with E-state index in [1.54, 1.807) is 12.1 Å². The third-order valence-corrected chi connectivity index (χ3v) is 2.52. The predicted octanol–water partition coefficient (Wildman–Crippen LogP) is 3.02. The highest BCUT2D eigenvalue weighted by Crippen LogP contribution is 2.13. The van der Waals surface area contributed by atoms with Crippen molar-refractivity contribution in [1.29, 1.82) is 0 Å². The van der Waals surface area contributed by atoms with E-state index in [-0.39, 0.29) is 30.1 Å². The maximum Gasteiger partial charge on any atom is 0.224 e. The molecule has 0 fully saturated rings. The van der Waals surface area contributed by atoms with Crippen LogP contribution in [0.2, 0.25) is 0 Å². The molecule has 0 saturated heterocycles. The van der Waals surface area contributed by atoms with E-state index in [0.29, 0.717) is 0 Å². The Morgan fingerprint density at radius 2 is 1.89 bits per heavy atom. The fraction of sp³-hybridized carbons (Fsp3) is 0.143. The quantitative estimate of drug-likeness (QED) is 0.841. The van der Waals surface area contributed by atoms with Gasteiger partial charge in [0, 0.05) is 12.8 Å². The first-order valence-corrected chi connectivity index (χ1v) is 5.78. The van der Waals surface area contributed by atoms with Crippen LogP contribution < -0.4 is 5.32 Å². The number of halogens is 1. The van der Waals surface area contributed by atoms with Crippen LogP contribution in [0, 0.1) is 5.82 Å². The summed E-state index contributed by atoms with van der Waals surface area (Å²) < 4.78 is 18.2. The van der Waals surface area contributed by atoms with Gasteiger partial charge in [-0.1, -0.05) is 12.1 Å². The second-order valence-electron chi connectivity index (χ2n) is 3.93. The normalized spacial score (nSPS) is 10.2. The zero-order valence-corrected chi connectivity index (χ0v) is 10.1. The molecule has 0 aliphatic rings. The molecule has 0 aliphatic carbocycles. The first kappa shape index (κ1) is 13.0. The SMILES string of the molecule is O=C(CCC(=O)c1ccco1)Nc1ccccc1F. The Bertz CT molecular complexity index is 578. The molecule has 0 radical (unpaired) electrons. The predicted molar refractivity (Wildman–Crippen MR) is 67.3 cm³/mol. The van der Waals surface area contributed by atoms with Gasteiger partial charge in [0.1, 0.15) is 5.82 Å². The Hall–Kier alpha value is -2.43. The Balaban J connectivity index is 1.86. The summed E-state index contributed by atoms with van der Waals surface area (Å²) in [5.41, 5.74) is 0.109. The summed E-state index contributed by atoms with van der Waals surface area (Å²) in [4.78, 5) is 23.2. The molecule has 2 rings (SSSR count). The van der Waals surface area contributed by atoms with Crippen molar-refractivity contribution in [2.45, 2.75) is 12.8 Å². The molecule has 19 heavy (non-hydrogen) atoms. The molecular weight excluding hydrogens is 249 g/mol. The van der Waals surface area contributed by atoms with Gasteiger partial charge >= 0.3 is 0 Å². The van der Waals surface area contributed by atoms with Crippen LogP contribution in [-0.2, 0) is 4.79 Å². The number of rotatable bonds is 5. The zero-order chi connectivity index (χ0) is 13.7. The number of furan rings is 1. The maximum absolute atomic E-state index is 13.3. The van der Waals surface area contributed by atoms with Crippen molar-refractivity contribution in [2.24, 2.45) is 0 Å². The topological polar surface area (TPSA) is 59.3 Å². The van der Waals surface area contributed by atoms with Gasteiger partial charge in [-0.25, -0.2) is 4.39 Å². The lowest BCUT2D eigenvalue weighted by Gasteiger charge is -2.05. The van der Waals surface area contributed by atoms with Crippen LogP contribution in [0.5, 0.6) is 0 Å². The van der Waals surface area contributed by atoms with Crippen molar-refractivity contribution >= 4 is 17.4 Å². The molecule has 1 aromatic heterocycles. The number of Topliss-reactive ketones (excluding diaryl/α,β-unsaturated/α-hetero) is 1. The van der Waals surface area contributed by atoms with Crippen LogP contribution in [0.1, 0.15) is 23.4 Å². The average molecular weight is 261 g/mol. The lowest BCUT2D eigenvalue weighted by Crippen LogP contribution is -2.14. The van der Waals surface area contributed by atoms with Crippen LogP contribution in [0.4, 0.5) is 10.1 Å². The van der Waals surface area contributed by atoms with Gasteiger partial charge in [-0.05, 0) is 24.3 Å². The van der Waals surface area contributed by atoms with Crippen molar-refractivity contribution in [2.75, 3.05) is 5.32 Å². The number of nitrogens with one attached hydrogen (secondary N) is 1. The van der Waals surface area contributed by atoms with Gasteiger partial charge in [0.15, 0.2) is 11.5 Å². The molecule has 1 aromatic carbocycles. The van der Waals surface area contributed by atoms with E-state index in [1.165, 1.54) is 30.5 Å². The van der Waals surface area contributed by atoms with E-state index in [1.807, 2.05) is 0 Å². The third kappa shape index (κ3) is 3.51. The third-order valence-electron chi connectivity index (χ3n) is 2.52. The number of amides is 1. The number of carbonyl (C=O) groups excluding carboxylic acids is 2. The van der Waals surface area contributed by atoms with Crippen LogP contribution >= 0.6 is 0 Å². The van der Waals surface area contributed by atoms with Gasteiger partial charge in [-0.3, -0.25) is 9.59 Å². The van der Waals surface area contributed by atoms with Crippen LogP contribution in [0.15, 0.2) is 47.1 Å². The highest BCUT2D eigenvalue weighted by molar-refractivity contribution is 5.98. The lowest BCUT2D eigenvalue weighted by atomic mass is 10.1. The van der Waals surface area contributed by atoms with E-state index in [0.717, 1.165) is 0 Å². The molecule has 5 heteroatoms. The minimum absolute atomic E-state index is 0.0200. The number of anilines is 1. The maximum atomic E-state index is 13.3. The zero-order valence-electron chi connectivity index (χ0n) is 10.1. The molecule has 0 aliphatic heterocycles. The van der Waals surface area contributed by atoms with Crippen molar-refractivity contribution in [3.63, 3.8) is 0 Å². The molecular formula is C14H12FNO3. The second kappa shape index (κ2) is 5.95. The molecule has 1 heterocycles. The van der Waals surface area contributed by atoms with E-state index < -0.39 is 11.7 Å². The molecule has 98 valence electrons. The highest BCUT2D eigenvalue weighted by atomic mass is 19.1. The van der Waals surface area contributed by atoms with Crippen molar-refractivity contribution in [3.05, 3.63) is 54.2 Å². The second-order valence-corrected chi connectivity index (χ2v) is 3.93. The monoisotopic (exact) mass is 261 g/mol. The van der Waals surface area contributed by atoms with Crippen molar-refractivity contribution < 1.29 is 18.4 Å². The first-order valence-electron chi connectivity index (χ1n) is 5.78. The fourth-order valence-corrected chi connectivity index (χ4v) is 1.56. The van der Waals surface area contributed by atoms with E-state index in [2.05, 4.69) is 5.32 Å². The Morgan fingerprint density at radius 3 is 2.58 bits per heavy atom. The van der Waals surface area contributed by atoms with E-state index in [4.69, 9.17) is 4.42 Å². The fourth-order valence-electron chi connectivity index (χ4n) is 1.56. The summed E-state index contributed by atoms with van der Waals surface area (Å²) >= 11 is 0. The number of benzene rings is 1.